The third-order valence-electron chi connectivity index (χ3n) is 3.44. The molecule has 1 saturated heterocycles. The number of carboxylic acids is 1. The van der Waals surface area contributed by atoms with Gasteiger partial charge in [-0.3, -0.25) is 9.59 Å². The molecule has 1 aromatic rings. The van der Waals surface area contributed by atoms with Crippen LogP contribution < -0.4 is 0 Å². The van der Waals surface area contributed by atoms with E-state index in [-0.39, 0.29) is 12.3 Å². The van der Waals surface area contributed by atoms with E-state index >= 15 is 0 Å². The fourth-order valence-corrected chi connectivity index (χ4v) is 3.34. The molecule has 0 aromatic carbocycles. The molecule has 1 fully saturated rings. The molecule has 104 valence electrons. The molecule has 0 spiro atoms. The monoisotopic (exact) mass is 282 g/mol. The van der Waals surface area contributed by atoms with E-state index in [0.717, 1.165) is 28.5 Å². The number of amides is 1. The molecule has 1 atom stereocenters. The van der Waals surface area contributed by atoms with Crippen molar-refractivity contribution in [1.82, 2.24) is 9.88 Å². The van der Waals surface area contributed by atoms with E-state index < -0.39 is 5.97 Å². The topological polar surface area (TPSA) is 70.5 Å². The number of carbonyl (C=O) groups is 2. The highest BCUT2D eigenvalue weighted by Gasteiger charge is 2.29. The summed E-state index contributed by atoms with van der Waals surface area (Å²) in [7, 11) is 0. The van der Waals surface area contributed by atoms with Gasteiger partial charge >= 0.3 is 5.97 Å². The van der Waals surface area contributed by atoms with Gasteiger partial charge in [-0.05, 0) is 32.6 Å². The van der Waals surface area contributed by atoms with Gasteiger partial charge in [0.25, 0.3) is 5.91 Å². The molecule has 0 saturated carbocycles. The Hall–Kier alpha value is -1.43. The van der Waals surface area contributed by atoms with Crippen LogP contribution in [0.3, 0.4) is 0 Å². The zero-order chi connectivity index (χ0) is 14.0. The standard InChI is InChI=1S/C13H18N2O3S/c1-8-12(19-9(2)14-8)13(18)15-6-5-10(7-15)3-4-11(16)17/h10H,3-7H2,1-2H3,(H,16,17). The molecule has 2 rings (SSSR count). The second kappa shape index (κ2) is 5.69. The van der Waals surface area contributed by atoms with Crippen molar-refractivity contribution in [3.63, 3.8) is 0 Å². The predicted molar refractivity (Wildman–Crippen MR) is 72.5 cm³/mol. The van der Waals surface area contributed by atoms with E-state index in [0.29, 0.717) is 18.9 Å². The third kappa shape index (κ3) is 3.32. The van der Waals surface area contributed by atoms with Gasteiger partial charge in [0.2, 0.25) is 0 Å². The molecule has 5 nitrogen and oxygen atoms in total. The SMILES string of the molecule is Cc1nc(C)c(C(=O)N2CCC(CCC(=O)O)C2)s1. The Kier molecular flexibility index (Phi) is 4.19. The van der Waals surface area contributed by atoms with Gasteiger partial charge in [-0.1, -0.05) is 0 Å². The van der Waals surface area contributed by atoms with Crippen molar-refractivity contribution >= 4 is 23.2 Å². The fourth-order valence-electron chi connectivity index (χ4n) is 2.45. The van der Waals surface area contributed by atoms with Gasteiger partial charge in [0.05, 0.1) is 10.7 Å². The molecule has 0 aliphatic carbocycles. The van der Waals surface area contributed by atoms with Gasteiger partial charge < -0.3 is 10.0 Å². The lowest BCUT2D eigenvalue weighted by Gasteiger charge is -2.15. The number of carbonyl (C=O) groups excluding carboxylic acids is 1. The normalized spacial score (nSPS) is 18.8. The molecule has 1 aliphatic heterocycles. The highest BCUT2D eigenvalue weighted by atomic mass is 32.1. The van der Waals surface area contributed by atoms with Crippen LogP contribution in [0.2, 0.25) is 0 Å². The molecule has 0 radical (unpaired) electrons. The van der Waals surface area contributed by atoms with Crippen molar-refractivity contribution in [1.29, 1.82) is 0 Å². The average Bonchev–Trinajstić information content (AvgIpc) is 2.92. The van der Waals surface area contributed by atoms with E-state index in [2.05, 4.69) is 4.98 Å². The minimum absolute atomic E-state index is 0.0425. The zero-order valence-electron chi connectivity index (χ0n) is 11.2. The van der Waals surface area contributed by atoms with Crippen LogP contribution in [0.25, 0.3) is 0 Å². The number of carboxylic acid groups (broad SMARTS) is 1. The van der Waals surface area contributed by atoms with Crippen LogP contribution in [0.1, 0.15) is 39.6 Å². The first-order chi connectivity index (χ1) is 8.97. The van der Waals surface area contributed by atoms with Crippen molar-refractivity contribution in [2.45, 2.75) is 33.1 Å². The van der Waals surface area contributed by atoms with Gasteiger partial charge in [-0.25, -0.2) is 4.98 Å². The fraction of sp³-hybridized carbons (Fsp3) is 0.615. The Morgan fingerprint density at radius 3 is 2.79 bits per heavy atom. The van der Waals surface area contributed by atoms with Gasteiger partial charge in [-0.15, -0.1) is 11.3 Å². The van der Waals surface area contributed by atoms with Crippen LogP contribution in [0, 0.1) is 19.8 Å². The molecule has 1 aliphatic rings. The summed E-state index contributed by atoms with van der Waals surface area (Å²) >= 11 is 1.43. The van der Waals surface area contributed by atoms with E-state index in [4.69, 9.17) is 5.11 Å². The third-order valence-corrected chi connectivity index (χ3v) is 4.50. The summed E-state index contributed by atoms with van der Waals surface area (Å²) in [6, 6.07) is 0. The summed E-state index contributed by atoms with van der Waals surface area (Å²) in [5.74, 6) is -0.408. The number of aromatic nitrogens is 1. The maximum Gasteiger partial charge on any atom is 0.303 e. The van der Waals surface area contributed by atoms with Crippen molar-refractivity contribution in [2.75, 3.05) is 13.1 Å². The zero-order valence-corrected chi connectivity index (χ0v) is 12.0. The Balaban J connectivity index is 1.95. The molecule has 6 heteroatoms. The number of thiazole rings is 1. The number of hydrogen-bond acceptors (Lipinski definition) is 4. The molecular weight excluding hydrogens is 264 g/mol. The molecule has 1 aromatic heterocycles. The molecule has 0 bridgehead atoms. The molecule has 2 heterocycles. The maximum absolute atomic E-state index is 12.3. The number of likely N-dealkylation sites (tertiary alicyclic amines) is 1. The second-order valence-electron chi connectivity index (χ2n) is 4.99. The number of aliphatic carboxylic acids is 1. The lowest BCUT2D eigenvalue weighted by molar-refractivity contribution is -0.137. The Bertz CT molecular complexity index is 498. The predicted octanol–water partition coefficient (Wildman–Crippen LogP) is 2.09. The van der Waals surface area contributed by atoms with Crippen molar-refractivity contribution in [3.05, 3.63) is 15.6 Å². The summed E-state index contributed by atoms with van der Waals surface area (Å²) < 4.78 is 0. The van der Waals surface area contributed by atoms with Crippen molar-refractivity contribution in [2.24, 2.45) is 5.92 Å². The summed E-state index contributed by atoms with van der Waals surface area (Å²) in [6.45, 7) is 5.14. The Morgan fingerprint density at radius 2 is 2.21 bits per heavy atom. The first-order valence-electron chi connectivity index (χ1n) is 6.42. The van der Waals surface area contributed by atoms with Crippen LogP contribution in [-0.4, -0.2) is 40.0 Å². The number of hydrogen-bond donors (Lipinski definition) is 1. The highest BCUT2D eigenvalue weighted by molar-refractivity contribution is 7.13. The minimum Gasteiger partial charge on any atom is -0.481 e. The first kappa shape index (κ1) is 14.0. The second-order valence-corrected chi connectivity index (χ2v) is 6.19. The summed E-state index contributed by atoms with van der Waals surface area (Å²) in [4.78, 5) is 29.7. The summed E-state index contributed by atoms with van der Waals surface area (Å²) in [5, 5.41) is 9.58. The number of rotatable bonds is 4. The smallest absolute Gasteiger partial charge is 0.303 e. The van der Waals surface area contributed by atoms with Crippen LogP contribution in [0.4, 0.5) is 0 Å². The lowest BCUT2D eigenvalue weighted by atomic mass is 10.0. The van der Waals surface area contributed by atoms with Crippen LogP contribution in [0.5, 0.6) is 0 Å². The molecule has 1 N–H and O–H groups in total. The van der Waals surface area contributed by atoms with Crippen LogP contribution >= 0.6 is 11.3 Å². The number of nitrogens with zero attached hydrogens (tertiary/aromatic N) is 2. The van der Waals surface area contributed by atoms with Gasteiger partial charge in [0.15, 0.2) is 0 Å². The van der Waals surface area contributed by atoms with Gasteiger partial charge in [0.1, 0.15) is 4.88 Å². The Morgan fingerprint density at radius 1 is 1.47 bits per heavy atom. The summed E-state index contributed by atoms with van der Waals surface area (Å²) in [6.07, 6.45) is 1.74. The van der Waals surface area contributed by atoms with E-state index in [9.17, 15) is 9.59 Å². The Labute approximate surface area is 116 Å². The van der Waals surface area contributed by atoms with Crippen molar-refractivity contribution in [3.8, 4) is 0 Å². The molecular formula is C13H18N2O3S. The van der Waals surface area contributed by atoms with Gasteiger partial charge in [-0.2, -0.15) is 0 Å². The van der Waals surface area contributed by atoms with Crippen LogP contribution in [-0.2, 0) is 4.79 Å². The van der Waals surface area contributed by atoms with E-state index in [1.54, 1.807) is 0 Å². The van der Waals surface area contributed by atoms with Crippen molar-refractivity contribution < 1.29 is 14.7 Å². The number of aryl methyl sites for hydroxylation is 2. The molecule has 19 heavy (non-hydrogen) atoms. The quantitative estimate of drug-likeness (QED) is 0.918. The lowest BCUT2D eigenvalue weighted by Crippen LogP contribution is -2.28. The average molecular weight is 282 g/mol. The van der Waals surface area contributed by atoms with Gasteiger partial charge in [0, 0.05) is 19.5 Å². The molecule has 1 amide bonds. The highest BCUT2D eigenvalue weighted by Crippen LogP contribution is 2.25. The summed E-state index contributed by atoms with van der Waals surface area (Å²) in [5.41, 5.74) is 0.793. The largest absolute Gasteiger partial charge is 0.481 e. The maximum atomic E-state index is 12.3. The van der Waals surface area contributed by atoms with E-state index in [1.165, 1.54) is 11.3 Å². The molecule has 1 unspecified atom stereocenters. The van der Waals surface area contributed by atoms with E-state index in [1.807, 2.05) is 18.7 Å². The minimum atomic E-state index is -0.765. The first-order valence-corrected chi connectivity index (χ1v) is 7.24. The van der Waals surface area contributed by atoms with Crippen LogP contribution in [0.15, 0.2) is 0 Å².